The fourth-order valence-corrected chi connectivity index (χ4v) is 15.5. The zero-order valence-corrected chi connectivity index (χ0v) is 52.8. The highest BCUT2D eigenvalue weighted by Crippen LogP contribution is 2.55. The Morgan fingerprint density at radius 3 is 1.40 bits per heavy atom. The topological polar surface area (TPSA) is 57.6 Å². The van der Waals surface area contributed by atoms with Crippen LogP contribution in [0.5, 0.6) is 0 Å². The predicted molar refractivity (Wildman–Crippen MR) is 415 cm³/mol. The molecule has 100 heavy (non-hydrogen) atoms. The van der Waals surface area contributed by atoms with Gasteiger partial charge in [-0.15, -0.1) is 0 Å². The molecule has 8 heteroatoms. The van der Waals surface area contributed by atoms with Crippen LogP contribution in [0.1, 0.15) is 24.8 Å². The van der Waals surface area contributed by atoms with Crippen LogP contribution in [0.3, 0.4) is 0 Å². The third-order valence-corrected chi connectivity index (χ3v) is 19.7. The van der Waals surface area contributed by atoms with E-state index >= 15 is 0 Å². The van der Waals surface area contributed by atoms with E-state index in [2.05, 4.69) is 99.6 Å². The van der Waals surface area contributed by atoms with E-state index in [4.69, 9.17) is 13.7 Å². The van der Waals surface area contributed by atoms with Crippen LogP contribution in [0.2, 0.25) is 0 Å². The van der Waals surface area contributed by atoms with Gasteiger partial charge >= 0.3 is 0 Å². The van der Waals surface area contributed by atoms with E-state index in [1.54, 1.807) is 0 Å². The van der Waals surface area contributed by atoms with Gasteiger partial charge in [-0.05, 0) is 134 Å². The molecule has 0 atom stereocenters. The van der Waals surface area contributed by atoms with E-state index in [0.29, 0.717) is 50.5 Å². The number of nitrogens with zero attached hydrogens (tertiary/aromatic N) is 6. The third-order valence-electron chi connectivity index (χ3n) is 19.7. The molecule has 5 heterocycles. The van der Waals surface area contributed by atoms with Gasteiger partial charge in [0.1, 0.15) is 11.2 Å². The van der Waals surface area contributed by atoms with Crippen molar-refractivity contribution in [3.8, 4) is 73.1 Å². The van der Waals surface area contributed by atoms with E-state index in [-0.39, 0.29) is 55.0 Å². The quantitative estimate of drug-likeness (QED) is 0.107. The summed E-state index contributed by atoms with van der Waals surface area (Å²) in [6.45, 7) is 7.43. The van der Waals surface area contributed by atoms with Gasteiger partial charge in [0, 0.05) is 91.6 Å². The zero-order chi connectivity index (χ0) is 78.3. The second-order valence-electron chi connectivity index (χ2n) is 24.9. The van der Waals surface area contributed by atoms with Crippen LogP contribution in [-0.2, 0) is 0 Å². The van der Waals surface area contributed by atoms with Crippen LogP contribution in [-0.4, -0.2) is 15.8 Å². The molecule has 15 aromatic carbocycles. The second-order valence-corrected chi connectivity index (χ2v) is 24.9. The minimum atomic E-state index is -0.807. The van der Waals surface area contributed by atoms with Gasteiger partial charge < -0.3 is 23.4 Å². The van der Waals surface area contributed by atoms with Gasteiger partial charge in [0.05, 0.1) is 68.1 Å². The monoisotopic (exact) mass is 1280 g/mol. The van der Waals surface area contributed by atoms with Crippen molar-refractivity contribution in [2.75, 3.05) is 9.80 Å². The highest BCUT2D eigenvalue weighted by molar-refractivity contribution is 7.00. The Labute approximate surface area is 597 Å². The van der Waals surface area contributed by atoms with E-state index in [1.807, 2.05) is 170 Å². The van der Waals surface area contributed by atoms with E-state index in [0.717, 1.165) is 77.6 Å². The predicted octanol–water partition coefficient (Wildman–Crippen LogP) is 22.6. The summed E-state index contributed by atoms with van der Waals surface area (Å²) < 4.78 is 144. The first-order chi connectivity index (χ1) is 55.4. The van der Waals surface area contributed by atoms with Crippen LogP contribution >= 0.6 is 0 Å². The SMILES string of the molecule is [2H]c1c([2H])c([2H])c2c(c1[2H])c1c([2H])c(C#N)c([2H])c([2H])c1n2-c1ccc2c(c1)N(c1c(-c3ccccc3)cccc1-c1ccccc1)c1cc(-c3ccccc3)cc3c1B2c1ccc(-n2c4c([2H])c([2H])c([2H])c([2H])c4c4c([2H])c([N+]#[C-])c([2H])c([2H])c42)cc1N3c1c(-c2ccccc2)cccc1-c1cccc2c1oc1ccccc12. The van der Waals surface area contributed by atoms with Gasteiger partial charge in [-0.25, -0.2) is 4.85 Å². The summed E-state index contributed by atoms with van der Waals surface area (Å²) in [5, 5.41) is 12.0. The minimum absolute atomic E-state index is 0.0814. The number of hydrogen-bond acceptors (Lipinski definition) is 4. The number of hydrogen-bond donors (Lipinski definition) is 0. The van der Waals surface area contributed by atoms with E-state index in [1.165, 1.54) is 9.13 Å². The lowest BCUT2D eigenvalue weighted by molar-refractivity contribution is 0.670. The first-order valence-electron chi connectivity index (χ1n) is 39.7. The number of rotatable bonds is 9. The van der Waals surface area contributed by atoms with Crippen LogP contribution in [0.4, 0.5) is 39.8 Å². The van der Waals surface area contributed by atoms with Crippen molar-refractivity contribution in [1.29, 1.82) is 5.26 Å². The molecule has 0 N–H and O–H groups in total. The molecular weight excluding hydrogens is 1220 g/mol. The molecule has 0 radical (unpaired) electrons. The van der Waals surface area contributed by atoms with Crippen LogP contribution < -0.4 is 26.2 Å². The van der Waals surface area contributed by atoms with Gasteiger partial charge in [0.2, 0.25) is 0 Å². The number of nitriles is 1. The van der Waals surface area contributed by atoms with Crippen molar-refractivity contribution >= 4 is 128 Å². The summed E-state index contributed by atoms with van der Waals surface area (Å²) in [5.41, 5.74) is 14.7. The van der Waals surface area contributed by atoms with Crippen molar-refractivity contribution < 1.29 is 23.6 Å². The minimum Gasteiger partial charge on any atom is -0.455 e. The lowest BCUT2D eigenvalue weighted by Crippen LogP contribution is -2.61. The summed E-state index contributed by atoms with van der Waals surface area (Å²) in [5.74, 6) is 0. The maximum Gasteiger partial charge on any atom is 0.252 e. The molecule has 7 nitrogen and oxygen atoms in total. The zero-order valence-electron chi connectivity index (χ0n) is 66.8. The van der Waals surface area contributed by atoms with Gasteiger partial charge in [-0.1, -0.05) is 249 Å². The molecule has 0 fully saturated rings. The summed E-state index contributed by atoms with van der Waals surface area (Å²) in [6.07, 6.45) is 0. The highest BCUT2D eigenvalue weighted by Gasteiger charge is 2.46. The average molecular weight is 1290 g/mol. The summed E-state index contributed by atoms with van der Waals surface area (Å²) in [7, 11) is 0. The largest absolute Gasteiger partial charge is 0.455 e. The number of aromatic nitrogens is 2. The number of para-hydroxylation sites is 6. The maximum absolute atomic E-state index is 10.6. The molecule has 0 spiro atoms. The lowest BCUT2D eigenvalue weighted by atomic mass is 9.33. The number of anilines is 6. The molecule has 20 rings (SSSR count). The molecule has 0 bridgehead atoms. The van der Waals surface area contributed by atoms with Crippen LogP contribution in [0, 0.1) is 17.9 Å². The van der Waals surface area contributed by atoms with Gasteiger partial charge in [-0.3, -0.25) is 0 Å². The first kappa shape index (κ1) is 44.2. The van der Waals surface area contributed by atoms with E-state index in [9.17, 15) is 21.7 Å². The molecule has 18 aromatic rings. The van der Waals surface area contributed by atoms with Gasteiger partial charge in [0.25, 0.3) is 6.71 Å². The van der Waals surface area contributed by atoms with Crippen molar-refractivity contribution in [3.05, 3.63) is 350 Å². The molecule has 3 aromatic heterocycles. The molecule has 462 valence electrons. The van der Waals surface area contributed by atoms with Gasteiger partial charge in [0.15, 0.2) is 5.69 Å². The Morgan fingerprint density at radius 1 is 0.380 bits per heavy atom. The van der Waals surface area contributed by atoms with Crippen molar-refractivity contribution in [1.82, 2.24) is 9.13 Å². The van der Waals surface area contributed by atoms with Crippen LogP contribution in [0.15, 0.2) is 338 Å². The van der Waals surface area contributed by atoms with Crippen LogP contribution in [0.25, 0.3) is 137 Å². The number of benzene rings is 15. The Bertz CT molecular complexity index is 7350. The lowest BCUT2D eigenvalue weighted by Gasteiger charge is -2.46. The van der Waals surface area contributed by atoms with Gasteiger partial charge in [-0.2, -0.15) is 5.26 Å². The molecule has 0 unspecified atom stereocenters. The first-order valence-corrected chi connectivity index (χ1v) is 32.7. The third kappa shape index (κ3) is 8.58. The Balaban J connectivity index is 1.000. The Morgan fingerprint density at radius 2 is 0.840 bits per heavy atom. The molecule has 0 amide bonds. The molecule has 0 saturated carbocycles. The standard InChI is InChI=1S/C92H55BN6O/c1-95-64-44-50-83-77(54-64)71-32-15-18-41-81(71)97(83)66-46-48-79-85(56-66)99(91-69(62-29-12-5-13-30-62)36-21-37-73(91)75-39-22-38-74-72-33-16-19-42-88(72)100-92(74)75)87-53-63(59-23-6-2-7-24-59)52-86-89(87)93(79)78-47-45-65(96-80-40-17-14-31-70(80)76-51-58(57-94)43-49-82(76)96)55-84(78)98(86)90-67(60-25-8-3-9-26-60)34-20-35-68(90)61-27-10-4-11-28-61/h2-56H/i14D,15D,17D,18D,31D,32D,40D,41D,43D,44D,49D,50D,51D,54D. The molecular formula is C92H55BN6O. The normalized spacial score (nSPS) is 14.3. The van der Waals surface area contributed by atoms with Crippen molar-refractivity contribution in [2.45, 2.75) is 0 Å². The highest BCUT2D eigenvalue weighted by atomic mass is 16.3. The fourth-order valence-electron chi connectivity index (χ4n) is 15.5. The summed E-state index contributed by atoms with van der Waals surface area (Å²) >= 11 is 0. The average Bonchev–Trinajstić information content (AvgIpc) is 0.925. The number of fused-ring (bicyclic) bond motifs is 13. The summed E-state index contributed by atoms with van der Waals surface area (Å²) in [6, 6.07) is 77.2. The maximum atomic E-state index is 10.6. The molecule has 0 aliphatic carbocycles. The number of furan rings is 1. The molecule has 0 saturated heterocycles. The summed E-state index contributed by atoms with van der Waals surface area (Å²) in [4.78, 5) is 8.10. The second kappa shape index (κ2) is 22.5. The van der Waals surface area contributed by atoms with Crippen molar-refractivity contribution in [3.63, 3.8) is 0 Å². The molecule has 2 aliphatic rings. The smallest absolute Gasteiger partial charge is 0.252 e. The molecule has 2 aliphatic heterocycles. The Hall–Kier alpha value is -13.7. The fraction of sp³-hybridized carbons (Fsp3) is 0. The van der Waals surface area contributed by atoms with E-state index < -0.39 is 103 Å². The Kier molecular flexibility index (Phi) is 9.93. The van der Waals surface area contributed by atoms with Crippen molar-refractivity contribution in [2.24, 2.45) is 0 Å².